The molecule has 0 atom stereocenters. The molecule has 0 spiro atoms. The molecule has 0 radical (unpaired) electrons. The number of fused-ring (bicyclic) bond motifs is 6. The molecule has 0 aromatic heterocycles. The molecule has 0 aliphatic heterocycles. The summed E-state index contributed by atoms with van der Waals surface area (Å²) < 4.78 is 0. The maximum absolute atomic E-state index is 9.82. The summed E-state index contributed by atoms with van der Waals surface area (Å²) in [6.45, 7) is 0. The standard InChI is InChI=1S/2C25H24B4O8.C24H24B4O8Si.C18H12O6/c2*30-26(31)21-9-1-17(2-10-21)25(18-3-11-22(12-4-18)27(32)33,19-5-13-23(14-6-19)28(34)35)20-7-15-24(16-8-20)29(36)37;29-25(30)17-1-9-21(10-2-17)37(22-11-3-18(4-12-22)26(31)32,23-13-5-19(6-14-23)27(33)34)24-15-7-20(8-16-24)28(35)36;19-13-1-7-8(2-14(13)20)10-4-17(23)18(24)6-12(10)11-5-16(22)15(21)3-9(7)11/h2*1-16,30-37H;1-16,29-36H;1-6,19-24H. The minimum absolute atomic E-state index is 0.286. The highest BCUT2D eigenvalue weighted by atomic mass is 28.3. The van der Waals surface area contributed by atoms with E-state index >= 15 is 0 Å². The molecule has 0 saturated heterocycles. The first-order valence-corrected chi connectivity index (χ1v) is 43.6. The fraction of sp³-hybridized carbons (Fsp3) is 0.0217. The molecule has 0 amide bonds. The SMILES string of the molecule is OB(O)c1ccc(C(c2ccc(B(O)O)cc2)(c2ccc(B(O)O)cc2)c2ccc(B(O)O)cc2)cc1.OB(O)c1ccc(C(c2ccc(B(O)O)cc2)(c2ccc(B(O)O)cc2)c2ccc(B(O)O)cc2)cc1.OB(O)c1ccc([Si](c2ccc(B(O)O)cc2)(c2ccc(B(O)O)cc2)c2ccc(B(O)O)cc2)cc1.Oc1cc2c3cc(O)c(O)cc3c3cc(O)c(O)cc3c2cc1O. The third kappa shape index (κ3) is 20.9. The maximum atomic E-state index is 9.82. The van der Waals surface area contributed by atoms with E-state index in [-0.39, 0.29) is 78.2 Å². The molecule has 16 aromatic rings. The normalized spacial score (nSPS) is 11.3. The fourth-order valence-corrected chi connectivity index (χ4v) is 21.6. The highest BCUT2D eigenvalue weighted by Gasteiger charge is 2.45. The lowest BCUT2D eigenvalue weighted by Crippen LogP contribution is -2.75. The van der Waals surface area contributed by atoms with Crippen LogP contribution in [0.3, 0.4) is 0 Å². The van der Waals surface area contributed by atoms with Gasteiger partial charge >= 0.3 is 85.4 Å². The van der Waals surface area contributed by atoms with Gasteiger partial charge in [0.05, 0.1) is 10.8 Å². The first-order valence-electron chi connectivity index (χ1n) is 41.6. The van der Waals surface area contributed by atoms with Gasteiger partial charge in [-0.3, -0.25) is 0 Å². The zero-order valence-corrected chi connectivity index (χ0v) is 72.0. The van der Waals surface area contributed by atoms with Gasteiger partial charge in [0.1, 0.15) is 0 Å². The topological polar surface area (TPSA) is 607 Å². The van der Waals surface area contributed by atoms with E-state index in [4.69, 9.17) is 0 Å². The van der Waals surface area contributed by atoms with Crippen molar-refractivity contribution in [2.45, 2.75) is 10.8 Å². The van der Waals surface area contributed by atoms with Crippen LogP contribution in [0.25, 0.3) is 32.3 Å². The zero-order chi connectivity index (χ0) is 97.4. The van der Waals surface area contributed by atoms with E-state index in [2.05, 4.69) is 0 Å². The Labute approximate surface area is 776 Å². The molecule has 30 nitrogen and oxygen atoms in total. The van der Waals surface area contributed by atoms with E-state index in [1.807, 2.05) is 0 Å². The predicted octanol–water partition coefficient (Wildman–Crippen LogP) is -9.26. The molecule has 672 valence electrons. The van der Waals surface area contributed by atoms with E-state index in [9.17, 15) is 151 Å². The first kappa shape index (κ1) is 99.6. The van der Waals surface area contributed by atoms with Crippen LogP contribution in [-0.4, -0.2) is 245 Å². The van der Waals surface area contributed by atoms with Crippen molar-refractivity contribution < 1.29 is 151 Å². The highest BCUT2D eigenvalue weighted by molar-refractivity contribution is 7.20. The number of hydrogen-bond acceptors (Lipinski definition) is 30. The lowest BCUT2D eigenvalue weighted by atomic mass is 9.63. The summed E-state index contributed by atoms with van der Waals surface area (Å²) >= 11 is 0. The largest absolute Gasteiger partial charge is 0.504 e. The van der Waals surface area contributed by atoms with Gasteiger partial charge in [-0.25, -0.2) is 0 Å². The molecule has 0 unspecified atom stereocenters. The highest BCUT2D eigenvalue weighted by Crippen LogP contribution is 2.49. The van der Waals surface area contributed by atoms with Gasteiger partial charge in [0, 0.05) is 0 Å². The Morgan fingerprint density at radius 3 is 0.311 bits per heavy atom. The lowest BCUT2D eigenvalue weighted by Gasteiger charge is -2.37. The van der Waals surface area contributed by atoms with Crippen LogP contribution >= 0.6 is 0 Å². The van der Waals surface area contributed by atoms with Crippen molar-refractivity contribution in [1.82, 2.24) is 0 Å². The van der Waals surface area contributed by atoms with Gasteiger partial charge in [-0.2, -0.15) is 0 Å². The minimum atomic E-state index is -3.18. The van der Waals surface area contributed by atoms with Crippen LogP contribution in [0.5, 0.6) is 34.5 Å². The van der Waals surface area contributed by atoms with Crippen molar-refractivity contribution in [2.24, 2.45) is 0 Å². The second-order valence-corrected chi connectivity index (χ2v) is 35.7. The Bertz CT molecular complexity index is 5340. The van der Waals surface area contributed by atoms with Crippen LogP contribution in [0.15, 0.2) is 328 Å². The van der Waals surface area contributed by atoms with E-state index < -0.39 is 104 Å². The average Bonchev–Trinajstić information content (AvgIpc) is 0.735. The summed E-state index contributed by atoms with van der Waals surface area (Å²) in [7, 11) is -23.1. The van der Waals surface area contributed by atoms with Crippen molar-refractivity contribution in [2.75, 3.05) is 0 Å². The predicted molar refractivity (Wildman–Crippen MR) is 526 cm³/mol. The van der Waals surface area contributed by atoms with Crippen LogP contribution in [0.1, 0.15) is 44.5 Å². The Morgan fingerprint density at radius 1 is 0.133 bits per heavy atom. The molecule has 16 aromatic carbocycles. The lowest BCUT2D eigenvalue weighted by molar-refractivity contribution is 0.404. The van der Waals surface area contributed by atoms with E-state index in [0.29, 0.717) is 98.7 Å². The molecular weight excluding hydrogens is 1740 g/mol. The number of benzene rings is 16. The molecule has 0 heterocycles. The monoisotopic (exact) mass is 1830 g/mol. The number of hydrogen-bond donors (Lipinski definition) is 30. The maximum Gasteiger partial charge on any atom is 0.488 e. The van der Waals surface area contributed by atoms with Crippen molar-refractivity contribution in [3.05, 3.63) is 372 Å². The van der Waals surface area contributed by atoms with Gasteiger partial charge in [0.15, 0.2) is 42.6 Å². The van der Waals surface area contributed by atoms with Gasteiger partial charge in [-0.15, -0.1) is 0 Å². The molecular formula is C92H84B12O30Si. The number of aromatic hydroxyl groups is 6. The van der Waals surface area contributed by atoms with Crippen LogP contribution in [0, 0.1) is 0 Å². The molecule has 30 N–H and O–H groups in total. The smallest absolute Gasteiger partial charge is 0.488 e. The second kappa shape index (κ2) is 42.4. The Hall–Kier alpha value is -12.9. The van der Waals surface area contributed by atoms with Gasteiger partial charge < -0.3 is 151 Å². The van der Waals surface area contributed by atoms with E-state index in [1.54, 1.807) is 291 Å². The van der Waals surface area contributed by atoms with Crippen LogP contribution in [0.2, 0.25) is 0 Å². The number of rotatable bonds is 24. The summed E-state index contributed by atoms with van der Waals surface area (Å²) in [6, 6.07) is 88.6. The summed E-state index contributed by atoms with van der Waals surface area (Å²) in [5.74, 6) is -2.01. The average molecular weight is 1830 g/mol. The summed E-state index contributed by atoms with van der Waals surface area (Å²) in [5.41, 5.74) is 7.10. The Kier molecular flexibility index (Phi) is 31.3. The summed E-state index contributed by atoms with van der Waals surface area (Å²) in [6.07, 6.45) is 0. The van der Waals surface area contributed by atoms with Gasteiger partial charge in [0.2, 0.25) is 0 Å². The van der Waals surface area contributed by atoms with Crippen LogP contribution in [0.4, 0.5) is 0 Å². The molecule has 0 bridgehead atoms. The molecule has 43 heteroatoms. The summed E-state index contributed by atoms with van der Waals surface area (Å²) in [4.78, 5) is 0. The van der Waals surface area contributed by atoms with Gasteiger partial charge in [-0.05, 0) is 200 Å². The third-order valence-corrected chi connectivity index (χ3v) is 28.7. The molecule has 0 saturated carbocycles. The van der Waals surface area contributed by atoms with Crippen molar-refractivity contribution in [3.63, 3.8) is 0 Å². The minimum Gasteiger partial charge on any atom is -0.504 e. The quantitative estimate of drug-likeness (QED) is 0.0116. The second-order valence-electron chi connectivity index (χ2n) is 31.9. The third-order valence-electron chi connectivity index (χ3n) is 23.9. The molecule has 16 rings (SSSR count). The van der Waals surface area contributed by atoms with Crippen molar-refractivity contribution in [3.8, 4) is 34.5 Å². The zero-order valence-electron chi connectivity index (χ0n) is 71.0. The van der Waals surface area contributed by atoms with E-state index in [1.165, 1.54) is 36.4 Å². The van der Waals surface area contributed by atoms with E-state index in [0.717, 1.165) is 20.7 Å². The van der Waals surface area contributed by atoms with Crippen LogP contribution in [-0.2, 0) is 10.8 Å². The van der Waals surface area contributed by atoms with Crippen molar-refractivity contribution in [1.29, 1.82) is 0 Å². The van der Waals surface area contributed by atoms with Crippen LogP contribution < -0.4 is 86.3 Å². The number of phenolic OH excluding ortho intramolecular Hbond substituents is 6. The Morgan fingerprint density at radius 2 is 0.222 bits per heavy atom. The number of phenols is 6. The van der Waals surface area contributed by atoms with Gasteiger partial charge in [-0.1, -0.05) is 291 Å². The molecule has 0 fully saturated rings. The Balaban J connectivity index is 0.000000154. The molecule has 135 heavy (non-hydrogen) atoms. The first-order chi connectivity index (χ1) is 64.3. The van der Waals surface area contributed by atoms with Crippen molar-refractivity contribution >= 4 is 212 Å². The molecule has 0 aliphatic rings. The molecule has 0 aliphatic carbocycles. The summed E-state index contributed by atoms with van der Waals surface area (Å²) in [5, 5.41) is 297. The van der Waals surface area contributed by atoms with Gasteiger partial charge in [0.25, 0.3) is 0 Å². The fourth-order valence-electron chi connectivity index (χ4n) is 16.9.